The quantitative estimate of drug-likeness (QED) is 0.812. The van der Waals surface area contributed by atoms with E-state index in [-0.39, 0.29) is 5.97 Å². The first-order valence-electron chi connectivity index (χ1n) is 7.90. The minimum Gasteiger partial charge on any atom is -0.475 e. The Kier molecular flexibility index (Phi) is 4.51. The molecular formula is C19H21NO3. The highest BCUT2D eigenvalue weighted by Crippen LogP contribution is 2.35. The van der Waals surface area contributed by atoms with Crippen LogP contribution in [0.5, 0.6) is 5.75 Å². The number of aryl methyl sites for hydroxylation is 1. The van der Waals surface area contributed by atoms with Crippen LogP contribution >= 0.6 is 0 Å². The van der Waals surface area contributed by atoms with Gasteiger partial charge in [-0.1, -0.05) is 36.4 Å². The van der Waals surface area contributed by atoms with E-state index >= 15 is 0 Å². The summed E-state index contributed by atoms with van der Waals surface area (Å²) in [5.41, 5.74) is 3.39. The van der Waals surface area contributed by atoms with E-state index < -0.39 is 6.10 Å². The van der Waals surface area contributed by atoms with Gasteiger partial charge >= 0.3 is 5.97 Å². The summed E-state index contributed by atoms with van der Waals surface area (Å²) in [5, 5.41) is 0. The van der Waals surface area contributed by atoms with Gasteiger partial charge in [-0.25, -0.2) is 4.79 Å². The topological polar surface area (TPSA) is 38.8 Å². The summed E-state index contributed by atoms with van der Waals surface area (Å²) in [6.45, 7) is 5.44. The molecule has 0 radical (unpaired) electrons. The third kappa shape index (κ3) is 3.47. The Morgan fingerprint density at radius 1 is 1.26 bits per heavy atom. The van der Waals surface area contributed by atoms with Crippen LogP contribution in [0.2, 0.25) is 0 Å². The lowest BCUT2D eigenvalue weighted by atomic mass is 10.1. The highest BCUT2D eigenvalue weighted by Gasteiger charge is 2.31. The number of nitrogens with zero attached hydrogens (tertiary/aromatic N) is 1. The summed E-state index contributed by atoms with van der Waals surface area (Å²) in [5.74, 6) is 0.424. The first-order chi connectivity index (χ1) is 11.2. The molecule has 2 aromatic rings. The minimum absolute atomic E-state index is 0.309. The Bertz CT molecular complexity index is 684. The smallest absolute Gasteiger partial charge is 0.349 e. The molecular weight excluding hydrogens is 290 g/mol. The van der Waals surface area contributed by atoms with Gasteiger partial charge in [0.2, 0.25) is 6.10 Å². The van der Waals surface area contributed by atoms with Crippen LogP contribution in [0.4, 0.5) is 5.69 Å². The molecule has 0 aliphatic carbocycles. The zero-order valence-corrected chi connectivity index (χ0v) is 13.5. The maximum Gasteiger partial charge on any atom is 0.349 e. The molecule has 0 saturated carbocycles. The fourth-order valence-corrected chi connectivity index (χ4v) is 2.77. The molecule has 0 unspecified atom stereocenters. The third-order valence-electron chi connectivity index (χ3n) is 3.88. The fraction of sp³-hybridized carbons (Fsp3) is 0.316. The van der Waals surface area contributed by atoms with Crippen LogP contribution in [-0.4, -0.2) is 25.2 Å². The summed E-state index contributed by atoms with van der Waals surface area (Å²) in [4.78, 5) is 14.3. The Balaban J connectivity index is 1.89. The van der Waals surface area contributed by atoms with E-state index in [4.69, 9.17) is 9.47 Å². The molecule has 0 bridgehead atoms. The van der Waals surface area contributed by atoms with Crippen molar-refractivity contribution in [2.45, 2.75) is 26.5 Å². The number of esters is 1. The number of hydrogen-bond acceptors (Lipinski definition) is 4. The Hall–Kier alpha value is -2.49. The zero-order valence-electron chi connectivity index (χ0n) is 13.5. The number of ether oxygens (including phenoxy) is 2. The van der Waals surface area contributed by atoms with Gasteiger partial charge in [-0.05, 0) is 37.1 Å². The first-order valence-corrected chi connectivity index (χ1v) is 7.90. The molecule has 3 rings (SSSR count). The molecule has 0 spiro atoms. The van der Waals surface area contributed by atoms with Crippen molar-refractivity contribution in [1.82, 2.24) is 0 Å². The van der Waals surface area contributed by atoms with Crippen molar-refractivity contribution in [2.24, 2.45) is 0 Å². The molecule has 1 aliphatic heterocycles. The van der Waals surface area contributed by atoms with Gasteiger partial charge < -0.3 is 14.4 Å². The zero-order chi connectivity index (χ0) is 16.2. The van der Waals surface area contributed by atoms with Crippen LogP contribution in [0.15, 0.2) is 48.5 Å². The third-order valence-corrected chi connectivity index (χ3v) is 3.88. The van der Waals surface area contributed by atoms with E-state index in [0.29, 0.717) is 13.2 Å². The Morgan fingerprint density at radius 3 is 2.78 bits per heavy atom. The van der Waals surface area contributed by atoms with Crippen molar-refractivity contribution in [3.63, 3.8) is 0 Å². The van der Waals surface area contributed by atoms with E-state index in [1.165, 1.54) is 11.1 Å². The van der Waals surface area contributed by atoms with Gasteiger partial charge in [-0.15, -0.1) is 0 Å². The number of anilines is 1. The van der Waals surface area contributed by atoms with Crippen molar-refractivity contribution in [3.05, 3.63) is 59.7 Å². The van der Waals surface area contributed by atoms with Crippen molar-refractivity contribution in [2.75, 3.05) is 18.1 Å². The molecule has 0 aromatic heterocycles. The SMILES string of the molecule is CCOC(=O)[C@H]1CN(Cc2ccccc2)c2cc(C)ccc2O1. The van der Waals surface area contributed by atoms with Gasteiger partial charge in [0.1, 0.15) is 5.75 Å². The summed E-state index contributed by atoms with van der Waals surface area (Å²) < 4.78 is 11.0. The van der Waals surface area contributed by atoms with Gasteiger partial charge in [0, 0.05) is 6.54 Å². The molecule has 23 heavy (non-hydrogen) atoms. The normalized spacial score (nSPS) is 16.4. The van der Waals surface area contributed by atoms with Crippen LogP contribution in [0, 0.1) is 6.92 Å². The molecule has 2 aromatic carbocycles. The fourth-order valence-electron chi connectivity index (χ4n) is 2.77. The molecule has 1 aliphatic rings. The molecule has 4 nitrogen and oxygen atoms in total. The van der Waals surface area contributed by atoms with Gasteiger partial charge in [0.05, 0.1) is 18.8 Å². The number of hydrogen-bond donors (Lipinski definition) is 0. The van der Waals surface area contributed by atoms with Crippen molar-refractivity contribution in [1.29, 1.82) is 0 Å². The van der Waals surface area contributed by atoms with Gasteiger partial charge in [-0.3, -0.25) is 0 Å². The largest absolute Gasteiger partial charge is 0.475 e. The molecule has 1 atom stereocenters. The van der Waals surface area contributed by atoms with Crippen LogP contribution < -0.4 is 9.64 Å². The molecule has 0 fully saturated rings. The van der Waals surface area contributed by atoms with Crippen molar-refractivity contribution < 1.29 is 14.3 Å². The highest BCUT2D eigenvalue weighted by atomic mass is 16.6. The molecule has 1 heterocycles. The Morgan fingerprint density at radius 2 is 2.04 bits per heavy atom. The van der Waals surface area contributed by atoms with E-state index in [0.717, 1.165) is 18.0 Å². The van der Waals surface area contributed by atoms with Gasteiger partial charge in [-0.2, -0.15) is 0 Å². The monoisotopic (exact) mass is 311 g/mol. The number of rotatable bonds is 4. The molecule has 120 valence electrons. The average Bonchev–Trinajstić information content (AvgIpc) is 2.56. The molecule has 4 heteroatoms. The lowest BCUT2D eigenvalue weighted by Gasteiger charge is -2.35. The lowest BCUT2D eigenvalue weighted by Crippen LogP contribution is -2.45. The molecule has 0 saturated heterocycles. The summed E-state index contributed by atoms with van der Waals surface area (Å²) in [6, 6.07) is 16.2. The van der Waals surface area contributed by atoms with Gasteiger partial charge in [0.25, 0.3) is 0 Å². The van der Waals surface area contributed by atoms with Crippen molar-refractivity contribution >= 4 is 11.7 Å². The predicted octanol–water partition coefficient (Wildman–Crippen LogP) is 3.33. The molecule has 0 N–H and O–H groups in total. The van der Waals surface area contributed by atoms with E-state index in [1.807, 2.05) is 30.3 Å². The lowest BCUT2D eigenvalue weighted by molar-refractivity contribution is -0.151. The van der Waals surface area contributed by atoms with E-state index in [1.54, 1.807) is 6.92 Å². The first kappa shape index (κ1) is 15.4. The maximum atomic E-state index is 12.1. The number of carbonyl (C=O) groups excluding carboxylic acids is 1. The van der Waals surface area contributed by atoms with Crippen LogP contribution in [0.3, 0.4) is 0 Å². The van der Waals surface area contributed by atoms with E-state index in [9.17, 15) is 4.79 Å². The van der Waals surface area contributed by atoms with Gasteiger partial charge in [0.15, 0.2) is 0 Å². The standard InChI is InChI=1S/C19H21NO3/c1-3-22-19(21)18-13-20(12-15-7-5-4-6-8-15)16-11-14(2)9-10-17(16)23-18/h4-11,18H,3,12-13H2,1-2H3/t18-/m1/s1. The maximum absolute atomic E-state index is 12.1. The van der Waals surface area contributed by atoms with Crippen LogP contribution in [-0.2, 0) is 16.1 Å². The minimum atomic E-state index is -0.589. The summed E-state index contributed by atoms with van der Waals surface area (Å²) in [6.07, 6.45) is -0.589. The summed E-state index contributed by atoms with van der Waals surface area (Å²) in [7, 11) is 0. The van der Waals surface area contributed by atoms with Crippen LogP contribution in [0.1, 0.15) is 18.1 Å². The highest BCUT2D eigenvalue weighted by molar-refractivity contribution is 5.78. The summed E-state index contributed by atoms with van der Waals surface area (Å²) >= 11 is 0. The predicted molar refractivity (Wildman–Crippen MR) is 89.7 cm³/mol. The van der Waals surface area contributed by atoms with E-state index in [2.05, 4.69) is 30.0 Å². The average molecular weight is 311 g/mol. The number of benzene rings is 2. The van der Waals surface area contributed by atoms with Crippen molar-refractivity contribution in [3.8, 4) is 5.75 Å². The Labute approximate surface area is 136 Å². The van der Waals surface area contributed by atoms with Crippen LogP contribution in [0.25, 0.3) is 0 Å². The second kappa shape index (κ2) is 6.73. The molecule has 0 amide bonds. The second-order valence-electron chi connectivity index (χ2n) is 5.70. The number of fused-ring (bicyclic) bond motifs is 1. The second-order valence-corrected chi connectivity index (χ2v) is 5.70. The number of carbonyl (C=O) groups is 1.